The van der Waals surface area contributed by atoms with E-state index in [4.69, 9.17) is 4.42 Å². The van der Waals surface area contributed by atoms with Crippen molar-refractivity contribution >= 4 is 37.5 Å². The molecule has 1 N–H and O–H groups in total. The van der Waals surface area contributed by atoms with Crippen molar-refractivity contribution in [2.75, 3.05) is 17.6 Å². The van der Waals surface area contributed by atoms with Crippen LogP contribution in [0.15, 0.2) is 39.4 Å². The number of hydrogen-bond donors (Lipinski definition) is 1. The van der Waals surface area contributed by atoms with E-state index in [0.717, 1.165) is 11.1 Å². The van der Waals surface area contributed by atoms with Gasteiger partial charge in [0.25, 0.3) is 5.91 Å². The van der Waals surface area contributed by atoms with Crippen molar-refractivity contribution in [2.24, 2.45) is 0 Å². The smallest absolute Gasteiger partial charge is 0.291 e. The van der Waals surface area contributed by atoms with Crippen LogP contribution in [0.4, 0.5) is 5.69 Å². The molecule has 0 fully saturated rings. The van der Waals surface area contributed by atoms with Crippen LogP contribution in [0.25, 0.3) is 0 Å². The highest BCUT2D eigenvalue weighted by Crippen LogP contribution is 2.25. The molecule has 128 valence electrons. The third-order valence-electron chi connectivity index (χ3n) is 4.00. The summed E-state index contributed by atoms with van der Waals surface area (Å²) in [7, 11) is -3.21. The van der Waals surface area contributed by atoms with Crippen molar-refractivity contribution in [3.05, 3.63) is 51.9 Å². The number of carbonyl (C=O) groups is 1. The van der Waals surface area contributed by atoms with Crippen molar-refractivity contribution in [3.63, 3.8) is 0 Å². The van der Waals surface area contributed by atoms with Crippen LogP contribution in [-0.2, 0) is 23.0 Å². The lowest BCUT2D eigenvalue weighted by molar-refractivity contribution is 0.0995. The zero-order valence-electron chi connectivity index (χ0n) is 13.1. The summed E-state index contributed by atoms with van der Waals surface area (Å²) in [6, 6.07) is 8.79. The van der Waals surface area contributed by atoms with Crippen molar-refractivity contribution in [1.82, 2.24) is 4.31 Å². The predicted octanol–water partition coefficient (Wildman–Crippen LogP) is 3.00. The van der Waals surface area contributed by atoms with E-state index in [0.29, 0.717) is 29.9 Å². The fourth-order valence-electron chi connectivity index (χ4n) is 2.66. The lowest BCUT2D eigenvalue weighted by Crippen LogP contribution is -2.36. The number of halogens is 1. The third kappa shape index (κ3) is 3.55. The number of furan rings is 1. The summed E-state index contributed by atoms with van der Waals surface area (Å²) in [4.78, 5) is 12.1. The maximum Gasteiger partial charge on any atom is 0.291 e. The minimum absolute atomic E-state index is 0.0894. The molecule has 3 rings (SSSR count). The first-order valence-electron chi connectivity index (χ1n) is 7.55. The maximum atomic E-state index is 12.1. The number of hydrogen-bond acceptors (Lipinski definition) is 4. The second-order valence-corrected chi connectivity index (χ2v) is 8.56. The highest BCUT2D eigenvalue weighted by atomic mass is 79.9. The Morgan fingerprint density at radius 3 is 2.75 bits per heavy atom. The van der Waals surface area contributed by atoms with Gasteiger partial charge in [0.05, 0.1) is 5.75 Å². The van der Waals surface area contributed by atoms with Crippen LogP contribution >= 0.6 is 15.9 Å². The van der Waals surface area contributed by atoms with Crippen LogP contribution in [0.1, 0.15) is 28.6 Å². The zero-order chi connectivity index (χ0) is 17.3. The molecule has 8 heteroatoms. The maximum absolute atomic E-state index is 12.1. The number of benzene rings is 1. The van der Waals surface area contributed by atoms with Crippen LogP contribution in [0, 0.1) is 0 Å². The van der Waals surface area contributed by atoms with Crippen LogP contribution in [-0.4, -0.2) is 30.9 Å². The van der Waals surface area contributed by atoms with Crippen molar-refractivity contribution in [2.45, 2.75) is 19.9 Å². The van der Waals surface area contributed by atoms with E-state index >= 15 is 0 Å². The molecule has 1 aromatic heterocycles. The van der Waals surface area contributed by atoms with Gasteiger partial charge in [0, 0.05) is 18.8 Å². The van der Waals surface area contributed by atoms with Gasteiger partial charge in [-0.3, -0.25) is 4.79 Å². The molecule has 0 saturated carbocycles. The minimum atomic E-state index is -3.21. The average molecular weight is 413 g/mol. The fourth-order valence-corrected chi connectivity index (χ4v) is 4.03. The number of carbonyl (C=O) groups excluding carboxylic acids is 1. The normalized spacial score (nSPS) is 15.1. The van der Waals surface area contributed by atoms with E-state index in [1.807, 2.05) is 18.2 Å². The molecule has 24 heavy (non-hydrogen) atoms. The van der Waals surface area contributed by atoms with Gasteiger partial charge in [0.15, 0.2) is 10.4 Å². The van der Waals surface area contributed by atoms with Crippen LogP contribution in [0.5, 0.6) is 0 Å². The molecule has 1 aliphatic rings. The van der Waals surface area contributed by atoms with E-state index in [-0.39, 0.29) is 17.4 Å². The van der Waals surface area contributed by atoms with Crippen molar-refractivity contribution in [1.29, 1.82) is 0 Å². The molecule has 1 aromatic carbocycles. The lowest BCUT2D eigenvalue weighted by Gasteiger charge is -2.28. The van der Waals surface area contributed by atoms with E-state index in [1.165, 1.54) is 4.31 Å². The molecule has 2 heterocycles. The molecule has 0 saturated heterocycles. The van der Waals surface area contributed by atoms with Gasteiger partial charge in [-0.15, -0.1) is 0 Å². The molecule has 0 bridgehead atoms. The number of anilines is 1. The number of nitrogens with zero attached hydrogens (tertiary/aromatic N) is 1. The van der Waals surface area contributed by atoms with Crippen LogP contribution in [0.2, 0.25) is 0 Å². The zero-order valence-corrected chi connectivity index (χ0v) is 15.5. The Labute approximate surface area is 149 Å². The molecule has 0 radical (unpaired) electrons. The summed E-state index contributed by atoms with van der Waals surface area (Å²) in [5.41, 5.74) is 2.63. The Balaban J connectivity index is 1.79. The monoisotopic (exact) mass is 412 g/mol. The Hall–Kier alpha value is -1.64. The van der Waals surface area contributed by atoms with Gasteiger partial charge in [-0.2, -0.15) is 4.31 Å². The summed E-state index contributed by atoms with van der Waals surface area (Å²) >= 11 is 3.16. The molecule has 6 nitrogen and oxygen atoms in total. The SMILES string of the molecule is CCS(=O)(=O)N1CCc2ccc(NC(=O)c3ccc(Br)o3)cc2C1. The number of sulfonamides is 1. The lowest BCUT2D eigenvalue weighted by atomic mass is 10.0. The summed E-state index contributed by atoms with van der Waals surface area (Å²) in [6.45, 7) is 2.47. The molecular weight excluding hydrogens is 396 g/mol. The Bertz CT molecular complexity index is 876. The van der Waals surface area contributed by atoms with Gasteiger partial charge >= 0.3 is 0 Å². The van der Waals surface area contributed by atoms with Gasteiger partial charge in [-0.25, -0.2) is 8.42 Å². The first-order chi connectivity index (χ1) is 11.4. The Morgan fingerprint density at radius 1 is 1.29 bits per heavy atom. The van der Waals surface area contributed by atoms with Crippen LogP contribution < -0.4 is 5.32 Å². The average Bonchev–Trinajstić information content (AvgIpc) is 3.01. The summed E-state index contributed by atoms with van der Waals surface area (Å²) in [5, 5.41) is 2.77. The Kier molecular flexibility index (Phi) is 4.80. The van der Waals surface area contributed by atoms with Crippen molar-refractivity contribution < 1.29 is 17.6 Å². The highest BCUT2D eigenvalue weighted by molar-refractivity contribution is 9.10. The van der Waals surface area contributed by atoms with Gasteiger partial charge in [0.2, 0.25) is 10.0 Å². The molecular formula is C16H17BrN2O4S. The second kappa shape index (κ2) is 6.70. The molecule has 1 aliphatic heterocycles. The second-order valence-electron chi connectivity index (χ2n) is 5.53. The first-order valence-corrected chi connectivity index (χ1v) is 9.95. The molecule has 1 amide bonds. The number of rotatable bonds is 4. The van der Waals surface area contributed by atoms with Gasteiger partial charge in [-0.05, 0) is 64.7 Å². The van der Waals surface area contributed by atoms with Crippen LogP contribution in [0.3, 0.4) is 0 Å². The van der Waals surface area contributed by atoms with E-state index in [2.05, 4.69) is 21.2 Å². The highest BCUT2D eigenvalue weighted by Gasteiger charge is 2.25. The molecule has 0 spiro atoms. The predicted molar refractivity (Wildman–Crippen MR) is 94.4 cm³/mol. The van der Waals surface area contributed by atoms with Gasteiger partial charge in [0.1, 0.15) is 0 Å². The van der Waals surface area contributed by atoms with Gasteiger partial charge < -0.3 is 9.73 Å². The summed E-state index contributed by atoms with van der Waals surface area (Å²) < 4.78 is 31.3. The number of nitrogens with one attached hydrogen (secondary N) is 1. The molecule has 0 unspecified atom stereocenters. The topological polar surface area (TPSA) is 79.6 Å². The van der Waals surface area contributed by atoms with E-state index in [1.54, 1.807) is 19.1 Å². The van der Waals surface area contributed by atoms with Crippen molar-refractivity contribution in [3.8, 4) is 0 Å². The molecule has 0 atom stereocenters. The molecule has 2 aromatic rings. The third-order valence-corrected chi connectivity index (χ3v) is 6.25. The number of amides is 1. The fraction of sp³-hybridized carbons (Fsp3) is 0.312. The largest absolute Gasteiger partial charge is 0.444 e. The standard InChI is InChI=1S/C16H17BrN2O4S/c1-2-24(21,22)19-8-7-11-3-4-13(9-12(11)10-19)18-16(20)14-5-6-15(17)23-14/h3-6,9H,2,7-8,10H2,1H3,(H,18,20). The Morgan fingerprint density at radius 2 is 2.08 bits per heavy atom. The quantitative estimate of drug-likeness (QED) is 0.836. The van der Waals surface area contributed by atoms with E-state index in [9.17, 15) is 13.2 Å². The first kappa shape index (κ1) is 17.2. The van der Waals surface area contributed by atoms with Gasteiger partial charge in [-0.1, -0.05) is 6.07 Å². The summed E-state index contributed by atoms with van der Waals surface area (Å²) in [5.74, 6) is -0.0594. The molecule has 0 aliphatic carbocycles. The minimum Gasteiger partial charge on any atom is -0.444 e. The van der Waals surface area contributed by atoms with E-state index < -0.39 is 10.0 Å². The number of fused-ring (bicyclic) bond motifs is 1. The summed E-state index contributed by atoms with van der Waals surface area (Å²) in [6.07, 6.45) is 0.675.